The Bertz CT molecular complexity index is 359. The van der Waals surface area contributed by atoms with Crippen LogP contribution < -0.4 is 17.1 Å². The molecule has 1 aliphatic heterocycles. The van der Waals surface area contributed by atoms with Crippen LogP contribution in [0.15, 0.2) is 27.0 Å². The Morgan fingerprint density at radius 2 is 1.27 bits per heavy atom. The van der Waals surface area contributed by atoms with Crippen molar-refractivity contribution < 1.29 is 4.74 Å². The number of aromatic amines is 3. The van der Waals surface area contributed by atoms with Crippen molar-refractivity contribution in [1.29, 1.82) is 0 Å². The summed E-state index contributed by atoms with van der Waals surface area (Å²) in [5.74, 6) is 0. The molecule has 1 fully saturated rings. The number of hydrogen-bond acceptors (Lipinski definition) is 4. The Balaban J connectivity index is 0.000000268. The molecule has 0 spiro atoms. The zero-order valence-electron chi connectivity index (χ0n) is 8.33. The van der Waals surface area contributed by atoms with Crippen molar-refractivity contribution in [2.75, 3.05) is 13.2 Å². The van der Waals surface area contributed by atoms with E-state index in [1.54, 1.807) is 21.0 Å². The summed E-state index contributed by atoms with van der Waals surface area (Å²) in [7, 11) is 0. The molecule has 0 amide bonds. The fraction of sp³-hybridized carbons (Fsp3) is 0.375. The number of nitrogens with one attached hydrogen (secondary N) is 3. The van der Waals surface area contributed by atoms with Crippen LogP contribution in [0.3, 0.4) is 0 Å². The molecule has 0 bridgehead atoms. The van der Waals surface area contributed by atoms with Crippen LogP contribution in [0.2, 0.25) is 0 Å². The molecular formula is C8H13N3O4. The van der Waals surface area contributed by atoms with E-state index in [2.05, 4.69) is 11.3 Å². The molecule has 0 atom stereocenters. The van der Waals surface area contributed by atoms with Gasteiger partial charge in [0.15, 0.2) is 0 Å². The Morgan fingerprint density at radius 1 is 1.07 bits per heavy atom. The van der Waals surface area contributed by atoms with Gasteiger partial charge in [0.05, 0.1) is 13.2 Å². The summed E-state index contributed by atoms with van der Waals surface area (Å²) in [5, 5.41) is 0. The summed E-state index contributed by atoms with van der Waals surface area (Å²) in [6.07, 6.45) is 1.75. The van der Waals surface area contributed by atoms with Crippen molar-refractivity contribution in [3.63, 3.8) is 0 Å². The van der Waals surface area contributed by atoms with Crippen molar-refractivity contribution in [2.24, 2.45) is 0 Å². The van der Waals surface area contributed by atoms with Crippen molar-refractivity contribution in [3.8, 4) is 0 Å². The van der Waals surface area contributed by atoms with Gasteiger partial charge in [0, 0.05) is 0 Å². The van der Waals surface area contributed by atoms with Gasteiger partial charge in [-0.05, 0) is 6.92 Å². The van der Waals surface area contributed by atoms with Gasteiger partial charge in [-0.15, -0.1) is 6.58 Å². The van der Waals surface area contributed by atoms with Crippen molar-refractivity contribution in [2.45, 2.75) is 6.92 Å². The Labute approximate surface area is 84.8 Å². The van der Waals surface area contributed by atoms with E-state index in [4.69, 9.17) is 0 Å². The average molecular weight is 215 g/mol. The molecule has 7 heteroatoms. The second-order valence-electron chi connectivity index (χ2n) is 2.38. The smallest absolute Gasteiger partial charge is 0.330 e. The minimum Gasteiger partial charge on any atom is -0.377 e. The van der Waals surface area contributed by atoms with E-state index in [0.29, 0.717) is 0 Å². The van der Waals surface area contributed by atoms with Crippen LogP contribution in [-0.4, -0.2) is 28.2 Å². The third-order valence-electron chi connectivity index (χ3n) is 0.885. The topological polar surface area (TPSA) is 111 Å². The highest BCUT2D eigenvalue weighted by Crippen LogP contribution is 1.84. The lowest BCUT2D eigenvalue weighted by Gasteiger charge is -1.77. The molecule has 2 heterocycles. The molecule has 0 aromatic carbocycles. The maximum Gasteiger partial charge on any atom is 0.330 e. The highest BCUT2D eigenvalue weighted by molar-refractivity contribution is 4.60. The van der Waals surface area contributed by atoms with Crippen LogP contribution in [0, 0.1) is 0 Å². The van der Waals surface area contributed by atoms with Gasteiger partial charge in [-0.1, -0.05) is 6.08 Å². The highest BCUT2D eigenvalue weighted by Gasteiger charge is 1.94. The van der Waals surface area contributed by atoms with E-state index < -0.39 is 17.1 Å². The second-order valence-corrected chi connectivity index (χ2v) is 2.38. The number of ether oxygens (including phenoxy) is 1. The van der Waals surface area contributed by atoms with E-state index in [-0.39, 0.29) is 0 Å². The molecule has 1 saturated heterocycles. The van der Waals surface area contributed by atoms with Gasteiger partial charge in [0.1, 0.15) is 0 Å². The molecule has 0 aliphatic carbocycles. The minimum atomic E-state index is -0.802. The summed E-state index contributed by atoms with van der Waals surface area (Å²) in [6.45, 7) is 7.25. The third-order valence-corrected chi connectivity index (χ3v) is 0.885. The molecule has 1 aliphatic rings. The van der Waals surface area contributed by atoms with E-state index in [9.17, 15) is 14.4 Å². The zero-order valence-corrected chi connectivity index (χ0v) is 8.33. The summed E-state index contributed by atoms with van der Waals surface area (Å²) < 4.78 is 4.50. The zero-order chi connectivity index (χ0) is 11.7. The van der Waals surface area contributed by atoms with Gasteiger partial charge in [0.2, 0.25) is 0 Å². The largest absolute Gasteiger partial charge is 0.377 e. The Kier molecular flexibility index (Phi) is 6.56. The number of rotatable bonds is 0. The first-order chi connectivity index (χ1) is 7.10. The predicted molar refractivity (Wildman–Crippen MR) is 55.0 cm³/mol. The van der Waals surface area contributed by atoms with Gasteiger partial charge < -0.3 is 4.74 Å². The monoisotopic (exact) mass is 215 g/mol. The number of aromatic nitrogens is 3. The molecule has 15 heavy (non-hydrogen) atoms. The molecule has 84 valence electrons. The molecule has 3 N–H and O–H groups in total. The molecule has 2 rings (SSSR count). The highest BCUT2D eigenvalue weighted by atomic mass is 16.6. The Hall–Kier alpha value is -1.89. The SMILES string of the molecule is C1CO1.C=CC.O=c1[nH]c(=O)[nH]c(=O)[nH]1. The van der Waals surface area contributed by atoms with Gasteiger partial charge in [-0.2, -0.15) is 0 Å². The van der Waals surface area contributed by atoms with Crippen LogP contribution in [0.1, 0.15) is 6.92 Å². The lowest BCUT2D eigenvalue weighted by Crippen LogP contribution is -2.34. The third kappa shape index (κ3) is 10.0. The predicted octanol–water partition coefficient (Wildman–Crippen LogP) is -1.04. The van der Waals surface area contributed by atoms with Crippen LogP contribution >= 0.6 is 0 Å². The van der Waals surface area contributed by atoms with Crippen molar-refractivity contribution in [1.82, 2.24) is 15.0 Å². The van der Waals surface area contributed by atoms with E-state index in [1.165, 1.54) is 0 Å². The van der Waals surface area contributed by atoms with Crippen LogP contribution in [0.4, 0.5) is 0 Å². The van der Waals surface area contributed by atoms with E-state index in [1.807, 2.05) is 6.92 Å². The van der Waals surface area contributed by atoms with Crippen LogP contribution in [0.25, 0.3) is 0 Å². The van der Waals surface area contributed by atoms with Gasteiger partial charge >= 0.3 is 17.1 Å². The fourth-order valence-corrected chi connectivity index (χ4v) is 0.403. The summed E-state index contributed by atoms with van der Waals surface area (Å²) in [4.78, 5) is 35.9. The average Bonchev–Trinajstić information content (AvgIpc) is 2.86. The lowest BCUT2D eigenvalue weighted by atomic mass is 10.8. The molecule has 1 aromatic rings. The van der Waals surface area contributed by atoms with Gasteiger partial charge in [0.25, 0.3) is 0 Å². The van der Waals surface area contributed by atoms with Gasteiger partial charge in [-0.3, -0.25) is 15.0 Å². The Morgan fingerprint density at radius 3 is 1.40 bits per heavy atom. The van der Waals surface area contributed by atoms with E-state index >= 15 is 0 Å². The minimum absolute atomic E-state index is 0.802. The normalized spacial score (nSPS) is 11.3. The van der Waals surface area contributed by atoms with Crippen molar-refractivity contribution in [3.05, 3.63) is 44.1 Å². The maximum absolute atomic E-state index is 10.2. The van der Waals surface area contributed by atoms with E-state index in [0.717, 1.165) is 13.2 Å². The molecule has 0 radical (unpaired) electrons. The first-order valence-electron chi connectivity index (χ1n) is 4.18. The molecule has 0 unspecified atom stereocenters. The quantitative estimate of drug-likeness (QED) is 0.379. The number of hydrogen-bond donors (Lipinski definition) is 3. The maximum atomic E-state index is 10.2. The van der Waals surface area contributed by atoms with Crippen molar-refractivity contribution >= 4 is 0 Å². The standard InChI is InChI=1S/C3H3N3O3.C3H6.C2H4O/c7-1-4-2(8)6-3(9)5-1;1-3-2;1-2-3-1/h(H3,4,5,6,7,8,9);3H,1H2,2H3;1-2H2. The molecule has 1 aromatic heterocycles. The lowest BCUT2D eigenvalue weighted by molar-refractivity contribution is 0.475. The number of H-pyrrole nitrogens is 3. The molecule has 0 saturated carbocycles. The first-order valence-corrected chi connectivity index (χ1v) is 4.18. The number of epoxide rings is 1. The number of allylic oxidation sites excluding steroid dienone is 1. The molecule has 7 nitrogen and oxygen atoms in total. The summed E-state index contributed by atoms with van der Waals surface area (Å²) in [6, 6.07) is 0. The summed E-state index contributed by atoms with van der Waals surface area (Å²) in [5.41, 5.74) is -2.41. The molecular weight excluding hydrogens is 202 g/mol. The van der Waals surface area contributed by atoms with Crippen LogP contribution in [-0.2, 0) is 4.74 Å². The second kappa shape index (κ2) is 7.51. The first kappa shape index (κ1) is 13.1. The van der Waals surface area contributed by atoms with Gasteiger partial charge in [-0.25, -0.2) is 14.4 Å². The fourth-order valence-electron chi connectivity index (χ4n) is 0.403. The van der Waals surface area contributed by atoms with Crippen LogP contribution in [0.5, 0.6) is 0 Å². The summed E-state index contributed by atoms with van der Waals surface area (Å²) >= 11 is 0.